The predicted molar refractivity (Wildman–Crippen MR) is 83.0 cm³/mol. The zero-order valence-corrected chi connectivity index (χ0v) is 13.6. The Morgan fingerprint density at radius 1 is 1.45 bits per heavy atom. The Morgan fingerprint density at radius 3 is 2.75 bits per heavy atom. The molecule has 0 radical (unpaired) electrons. The highest BCUT2D eigenvalue weighted by Gasteiger charge is 2.18. The van der Waals surface area contributed by atoms with Gasteiger partial charge in [-0.15, -0.1) is 11.3 Å². The second kappa shape index (κ2) is 6.67. The molecule has 7 heteroatoms. The second-order valence-corrected chi connectivity index (χ2v) is 6.23. The first-order chi connectivity index (χ1) is 9.55. The van der Waals surface area contributed by atoms with Crippen molar-refractivity contribution in [3.63, 3.8) is 0 Å². The van der Waals surface area contributed by atoms with Crippen molar-refractivity contribution in [1.82, 2.24) is 20.2 Å². The number of aryl methyl sites for hydroxylation is 3. The minimum absolute atomic E-state index is 0.0930. The molecule has 0 aliphatic carbocycles. The number of rotatable bonds is 6. The molecular formula is C13H20ClN5S. The summed E-state index contributed by atoms with van der Waals surface area (Å²) < 4.78 is 1.94. The topological polar surface area (TPSA) is 68.8 Å². The average molecular weight is 314 g/mol. The van der Waals surface area contributed by atoms with Crippen LogP contribution in [0.15, 0.2) is 5.38 Å². The summed E-state index contributed by atoms with van der Waals surface area (Å²) in [5.41, 5.74) is 5.82. The summed E-state index contributed by atoms with van der Waals surface area (Å²) in [7, 11) is 0. The smallest absolute Gasteiger partial charge is 0.0897 e. The van der Waals surface area contributed by atoms with Crippen LogP contribution in [0.1, 0.15) is 29.0 Å². The van der Waals surface area contributed by atoms with Gasteiger partial charge in [0, 0.05) is 30.8 Å². The van der Waals surface area contributed by atoms with E-state index in [-0.39, 0.29) is 6.04 Å². The largest absolute Gasteiger partial charge is 0.271 e. The molecule has 1 atom stereocenters. The van der Waals surface area contributed by atoms with Crippen LogP contribution < -0.4 is 11.3 Å². The van der Waals surface area contributed by atoms with Gasteiger partial charge in [-0.1, -0.05) is 11.6 Å². The van der Waals surface area contributed by atoms with Crippen LogP contribution in [0.4, 0.5) is 0 Å². The van der Waals surface area contributed by atoms with Gasteiger partial charge in [0.2, 0.25) is 0 Å². The van der Waals surface area contributed by atoms with Crippen LogP contribution in [0.3, 0.4) is 0 Å². The molecule has 0 saturated heterocycles. The number of hydrazine groups is 1. The molecule has 2 aromatic rings. The molecule has 0 spiro atoms. The van der Waals surface area contributed by atoms with Crippen molar-refractivity contribution in [2.45, 2.75) is 46.2 Å². The highest BCUT2D eigenvalue weighted by molar-refractivity contribution is 7.09. The molecule has 2 aromatic heterocycles. The standard InChI is InChI=1S/C13H20ClN5S/c1-4-19-12(13(14)8(2)18-19)6-10(17-15)5-11-7-20-9(3)16-11/h7,10,17H,4-6,15H2,1-3H3. The molecule has 0 aliphatic rings. The van der Waals surface area contributed by atoms with Gasteiger partial charge in [-0.3, -0.25) is 16.0 Å². The van der Waals surface area contributed by atoms with Gasteiger partial charge in [0.1, 0.15) is 0 Å². The molecule has 2 rings (SSSR count). The Hall–Kier alpha value is -0.950. The van der Waals surface area contributed by atoms with E-state index in [4.69, 9.17) is 17.4 Å². The van der Waals surface area contributed by atoms with E-state index in [1.54, 1.807) is 11.3 Å². The van der Waals surface area contributed by atoms with Crippen LogP contribution in [0, 0.1) is 13.8 Å². The molecule has 0 aromatic carbocycles. The van der Waals surface area contributed by atoms with Gasteiger partial charge in [-0.05, 0) is 20.8 Å². The number of nitrogens with one attached hydrogen (secondary N) is 1. The van der Waals surface area contributed by atoms with E-state index in [2.05, 4.69) is 27.8 Å². The lowest BCUT2D eigenvalue weighted by Gasteiger charge is -2.15. The minimum Gasteiger partial charge on any atom is -0.271 e. The van der Waals surface area contributed by atoms with E-state index < -0.39 is 0 Å². The van der Waals surface area contributed by atoms with E-state index in [0.717, 1.165) is 46.5 Å². The molecule has 20 heavy (non-hydrogen) atoms. The van der Waals surface area contributed by atoms with E-state index in [1.165, 1.54) is 0 Å². The Kier molecular flexibility index (Phi) is 5.15. The van der Waals surface area contributed by atoms with Crippen LogP contribution in [0.2, 0.25) is 5.02 Å². The van der Waals surface area contributed by atoms with Crippen molar-refractivity contribution < 1.29 is 0 Å². The molecular weight excluding hydrogens is 294 g/mol. The van der Waals surface area contributed by atoms with Gasteiger partial charge in [-0.25, -0.2) is 4.98 Å². The maximum atomic E-state index is 6.34. The molecule has 3 N–H and O–H groups in total. The second-order valence-electron chi connectivity index (χ2n) is 4.79. The van der Waals surface area contributed by atoms with Gasteiger partial charge >= 0.3 is 0 Å². The fourth-order valence-electron chi connectivity index (χ4n) is 2.24. The van der Waals surface area contributed by atoms with Gasteiger partial charge in [-0.2, -0.15) is 5.10 Å². The van der Waals surface area contributed by atoms with Crippen LogP contribution in [0.25, 0.3) is 0 Å². The third-order valence-corrected chi connectivity index (χ3v) is 4.56. The number of nitrogens with zero attached hydrogens (tertiary/aromatic N) is 3. The molecule has 0 aliphatic heterocycles. The first kappa shape index (κ1) is 15.4. The molecule has 0 saturated carbocycles. The number of aromatic nitrogens is 3. The number of nitrogens with two attached hydrogens (primary N) is 1. The van der Waals surface area contributed by atoms with Crippen molar-refractivity contribution in [2.24, 2.45) is 5.84 Å². The average Bonchev–Trinajstić information content (AvgIpc) is 2.95. The highest BCUT2D eigenvalue weighted by Crippen LogP contribution is 2.22. The van der Waals surface area contributed by atoms with E-state index in [1.807, 2.05) is 18.5 Å². The third-order valence-electron chi connectivity index (χ3n) is 3.25. The van der Waals surface area contributed by atoms with Crippen molar-refractivity contribution in [3.8, 4) is 0 Å². The summed E-state index contributed by atoms with van der Waals surface area (Å²) >= 11 is 7.99. The van der Waals surface area contributed by atoms with Crippen LogP contribution in [0.5, 0.6) is 0 Å². The van der Waals surface area contributed by atoms with Gasteiger partial charge in [0.15, 0.2) is 0 Å². The maximum Gasteiger partial charge on any atom is 0.0897 e. The lowest BCUT2D eigenvalue weighted by atomic mass is 10.1. The van der Waals surface area contributed by atoms with Crippen molar-refractivity contribution in [2.75, 3.05) is 0 Å². The number of hydrogen-bond acceptors (Lipinski definition) is 5. The molecule has 5 nitrogen and oxygen atoms in total. The van der Waals surface area contributed by atoms with Gasteiger partial charge in [0.25, 0.3) is 0 Å². The van der Waals surface area contributed by atoms with Gasteiger partial charge < -0.3 is 0 Å². The molecule has 1 unspecified atom stereocenters. The Morgan fingerprint density at radius 2 is 2.20 bits per heavy atom. The van der Waals surface area contributed by atoms with Crippen LogP contribution >= 0.6 is 22.9 Å². The molecule has 0 bridgehead atoms. The fourth-order valence-corrected chi connectivity index (χ4v) is 3.08. The fraction of sp³-hybridized carbons (Fsp3) is 0.538. The van der Waals surface area contributed by atoms with Crippen molar-refractivity contribution in [1.29, 1.82) is 0 Å². The normalized spacial score (nSPS) is 12.8. The summed E-state index contributed by atoms with van der Waals surface area (Å²) in [5, 5.41) is 8.31. The summed E-state index contributed by atoms with van der Waals surface area (Å²) in [4.78, 5) is 4.48. The Bertz CT molecular complexity index is 577. The molecule has 2 heterocycles. The lowest BCUT2D eigenvalue weighted by Crippen LogP contribution is -2.39. The van der Waals surface area contributed by atoms with Crippen molar-refractivity contribution in [3.05, 3.63) is 32.5 Å². The monoisotopic (exact) mass is 313 g/mol. The molecule has 0 fully saturated rings. The highest BCUT2D eigenvalue weighted by atomic mass is 35.5. The summed E-state index contributed by atoms with van der Waals surface area (Å²) in [6, 6.07) is 0.0930. The number of halogens is 1. The van der Waals surface area contributed by atoms with Crippen LogP contribution in [-0.2, 0) is 19.4 Å². The first-order valence-electron chi connectivity index (χ1n) is 6.64. The van der Waals surface area contributed by atoms with E-state index in [9.17, 15) is 0 Å². The molecule has 110 valence electrons. The number of thiazole rings is 1. The Balaban J connectivity index is 2.14. The zero-order valence-electron chi connectivity index (χ0n) is 12.0. The lowest BCUT2D eigenvalue weighted by molar-refractivity contribution is 0.493. The summed E-state index contributed by atoms with van der Waals surface area (Å²) in [6.45, 7) is 6.79. The maximum absolute atomic E-state index is 6.34. The quantitative estimate of drug-likeness (QED) is 0.634. The predicted octanol–water partition coefficient (Wildman–Crippen LogP) is 2.25. The van der Waals surface area contributed by atoms with Crippen molar-refractivity contribution >= 4 is 22.9 Å². The van der Waals surface area contributed by atoms with Crippen LogP contribution in [-0.4, -0.2) is 20.8 Å². The Labute approximate surface area is 128 Å². The summed E-state index contributed by atoms with van der Waals surface area (Å²) in [6.07, 6.45) is 1.52. The number of hydrogen-bond donors (Lipinski definition) is 2. The summed E-state index contributed by atoms with van der Waals surface area (Å²) in [5.74, 6) is 5.68. The third kappa shape index (κ3) is 3.38. The molecule has 0 amide bonds. The van der Waals surface area contributed by atoms with E-state index in [0.29, 0.717) is 0 Å². The SMILES string of the molecule is CCn1nc(C)c(Cl)c1CC(Cc1csc(C)n1)NN. The first-order valence-corrected chi connectivity index (χ1v) is 7.89. The van der Waals surface area contributed by atoms with E-state index >= 15 is 0 Å². The van der Waals surface area contributed by atoms with Gasteiger partial charge in [0.05, 0.1) is 27.1 Å². The minimum atomic E-state index is 0.0930. The zero-order chi connectivity index (χ0) is 14.7.